The number of hydrogen-bond acceptors (Lipinski definition) is 27. The molecule has 0 aliphatic carbocycles. The first-order chi connectivity index (χ1) is 50.9. The number of aromatic amines is 1. The molecule has 0 atom stereocenters. The van der Waals surface area contributed by atoms with Crippen molar-refractivity contribution in [3.05, 3.63) is 177 Å². The molecule has 0 amide bonds. The van der Waals surface area contributed by atoms with Crippen molar-refractivity contribution in [3.8, 4) is 69.6 Å². The molecular formula is C75H77N3O24S. The van der Waals surface area contributed by atoms with Gasteiger partial charge in [0.2, 0.25) is 0 Å². The Labute approximate surface area is 599 Å². The fourth-order valence-corrected chi connectivity index (χ4v) is 10.1. The Morgan fingerprint density at radius 2 is 0.728 bits per heavy atom. The molecule has 542 valence electrons. The quantitative estimate of drug-likeness (QED) is 0.0161. The second kappa shape index (κ2) is 45.5. The number of methoxy groups -OCH3 is 3. The van der Waals surface area contributed by atoms with Gasteiger partial charge in [-0.05, 0) is 128 Å². The van der Waals surface area contributed by atoms with Gasteiger partial charge in [-0.25, -0.2) is 14.8 Å². The zero-order valence-corrected chi connectivity index (χ0v) is 57.9. The van der Waals surface area contributed by atoms with Gasteiger partial charge in [0.1, 0.15) is 43.4 Å². The topological polar surface area (TPSA) is 271 Å². The van der Waals surface area contributed by atoms with E-state index in [0.29, 0.717) is 90.2 Å². The van der Waals surface area contributed by atoms with Crippen LogP contribution in [0.3, 0.4) is 0 Å². The van der Waals surface area contributed by atoms with Crippen molar-refractivity contribution in [3.63, 3.8) is 0 Å². The molecule has 0 unspecified atom stereocenters. The molecule has 5 heterocycles. The van der Waals surface area contributed by atoms with Gasteiger partial charge in [0, 0.05) is 53.0 Å². The van der Waals surface area contributed by atoms with Crippen molar-refractivity contribution in [1.29, 1.82) is 0 Å². The Bertz CT molecular complexity index is 4130. The van der Waals surface area contributed by atoms with E-state index in [1.165, 1.54) is 32.7 Å². The van der Waals surface area contributed by atoms with Gasteiger partial charge in [-0.2, -0.15) is 0 Å². The summed E-state index contributed by atoms with van der Waals surface area (Å²) >= 11 is 1.51. The third kappa shape index (κ3) is 27.0. The van der Waals surface area contributed by atoms with Gasteiger partial charge in [0.15, 0.2) is 109 Å². The van der Waals surface area contributed by atoms with Gasteiger partial charge >= 0.3 is 5.97 Å². The zero-order valence-electron chi connectivity index (χ0n) is 57.1. The third-order valence-electron chi connectivity index (χ3n) is 13.5. The summed E-state index contributed by atoms with van der Waals surface area (Å²) in [5.41, 5.74) is 8.94. The van der Waals surface area contributed by atoms with Crippen LogP contribution in [0.15, 0.2) is 121 Å². The maximum Gasteiger partial charge on any atom is 0.344 e. The summed E-state index contributed by atoms with van der Waals surface area (Å²) in [6, 6.07) is 37.4. The third-order valence-corrected chi connectivity index (χ3v) is 14.6. The average Bonchev–Trinajstić information content (AvgIpc) is 1.63. The Morgan fingerprint density at radius 1 is 0.369 bits per heavy atom. The van der Waals surface area contributed by atoms with E-state index in [1.807, 2.05) is 103 Å². The summed E-state index contributed by atoms with van der Waals surface area (Å²) in [5.74, 6) is 22.0. The molecule has 4 aromatic carbocycles. The van der Waals surface area contributed by atoms with Crippen LogP contribution < -0.4 is 18.9 Å². The second-order valence-corrected chi connectivity index (χ2v) is 21.9. The highest BCUT2D eigenvalue weighted by molar-refractivity contribution is 7.24. The number of rotatable bonds is 44. The fraction of sp³-hybridized carbons (Fsp3) is 0.320. The van der Waals surface area contributed by atoms with E-state index < -0.39 is 5.97 Å². The van der Waals surface area contributed by atoms with Crippen LogP contribution in [-0.4, -0.2) is 178 Å². The number of ether oxygens (including phenoxy) is 23. The lowest BCUT2D eigenvalue weighted by atomic mass is 10.0. The molecule has 103 heavy (non-hydrogen) atoms. The molecule has 2 aliphatic heterocycles. The molecule has 0 saturated heterocycles. The molecule has 8 bridgehead atoms. The maximum absolute atomic E-state index is 12.3. The number of carbonyl (C=O) groups excluding carboxylic acids is 1. The Balaban J connectivity index is 1.06. The van der Waals surface area contributed by atoms with Crippen LogP contribution in [0.25, 0.3) is 55.9 Å². The lowest BCUT2D eigenvalue weighted by molar-refractivity contribution is -0.209. The first-order valence-electron chi connectivity index (χ1n) is 31.7. The van der Waals surface area contributed by atoms with Crippen molar-refractivity contribution in [2.45, 2.75) is 6.92 Å². The van der Waals surface area contributed by atoms with E-state index in [4.69, 9.17) is 119 Å². The average molecular weight is 1440 g/mol. The standard InChI is InChI=1S/C75H77N3O24S/c1-5-98-74(79)36-99-59-20-18-58(19-21-59)75-71-30-29-69(78-71)64(23-16-56-10-7-13-61(34-56)101-53-96-50-93-47-90-44-87-41-84-38-81-3)67-26-25-66(76-67)63(22-15-55-9-6-12-60(33-55)100-52-95-49-92-46-89-43-86-40-83-37-80-2)68-27-28-70(77-68)65(72-31-32-73(75)103-72)24-17-57-11-8-14-62(35-57)102-54-97-51-94-48-91-45-88-42-85-39-82-4/h6-14,18-21,25-35,76H,5,36-54H2,1-4H3. The smallest absolute Gasteiger partial charge is 0.344 e. The maximum atomic E-state index is 12.3. The monoisotopic (exact) mass is 1440 g/mol. The van der Waals surface area contributed by atoms with E-state index in [1.54, 1.807) is 49.4 Å². The minimum absolute atomic E-state index is 0.0129. The van der Waals surface area contributed by atoms with Gasteiger partial charge < -0.3 is 114 Å². The van der Waals surface area contributed by atoms with Crippen LogP contribution in [0.4, 0.5) is 0 Å². The van der Waals surface area contributed by atoms with Crippen molar-refractivity contribution in [2.75, 3.05) is 157 Å². The zero-order chi connectivity index (χ0) is 71.6. The summed E-state index contributed by atoms with van der Waals surface area (Å²) in [6.45, 7) is 1.14. The minimum Gasteiger partial charge on any atom is -0.482 e. The summed E-state index contributed by atoms with van der Waals surface area (Å²) in [7, 11) is 4.55. The van der Waals surface area contributed by atoms with Gasteiger partial charge in [0.05, 0.1) is 57.1 Å². The van der Waals surface area contributed by atoms with Crippen molar-refractivity contribution in [1.82, 2.24) is 15.0 Å². The highest BCUT2D eigenvalue weighted by Crippen LogP contribution is 2.37. The number of carbonyl (C=O) groups is 1. The van der Waals surface area contributed by atoms with Gasteiger partial charge in [-0.1, -0.05) is 65.9 Å². The molecule has 0 saturated carbocycles. The number of benzene rings is 4. The van der Waals surface area contributed by atoms with Crippen molar-refractivity contribution in [2.24, 2.45) is 0 Å². The van der Waals surface area contributed by atoms with Crippen LogP contribution in [0.5, 0.6) is 23.0 Å². The first kappa shape index (κ1) is 77.7. The molecule has 3 aromatic heterocycles. The van der Waals surface area contributed by atoms with Crippen LogP contribution in [0.2, 0.25) is 0 Å². The molecule has 9 rings (SSSR count). The predicted molar refractivity (Wildman–Crippen MR) is 374 cm³/mol. The van der Waals surface area contributed by atoms with E-state index in [-0.39, 0.29) is 135 Å². The van der Waals surface area contributed by atoms with Crippen LogP contribution in [0.1, 0.15) is 63.1 Å². The van der Waals surface area contributed by atoms with Gasteiger partial charge in [0.25, 0.3) is 0 Å². The summed E-state index contributed by atoms with van der Waals surface area (Å²) in [5, 5.41) is 0. The van der Waals surface area contributed by atoms with Crippen LogP contribution in [-0.2, 0) is 94.8 Å². The molecule has 0 spiro atoms. The normalized spacial score (nSPS) is 11.3. The number of esters is 1. The summed E-state index contributed by atoms with van der Waals surface area (Å²) in [4.78, 5) is 26.7. The number of H-pyrrole nitrogens is 1. The molecule has 7 aromatic rings. The molecule has 0 fully saturated rings. The number of fused-ring (bicyclic) bond motifs is 8. The number of hydrogen-bond donors (Lipinski definition) is 1. The lowest BCUT2D eigenvalue weighted by Gasteiger charge is -2.09. The highest BCUT2D eigenvalue weighted by atomic mass is 32.1. The SMILES string of the molecule is CCOC(=O)COc1ccc(-c2c3nc(c(C#Cc4cccc(OCOCOCOCOCOCOC)c4)c4ccc([nH]4)c(C#Cc4cccc(OCOCOCOCOCOCOC)c4)c4nc(c(C#Cc5cccc(OCOCOCOCOCOCOC)c5)c5ccc2s5)C=C4)C=C3)cc1. The molecule has 28 heteroatoms. The molecule has 27 nitrogen and oxygen atoms in total. The molecule has 2 aliphatic rings. The van der Waals surface area contributed by atoms with E-state index in [2.05, 4.69) is 40.5 Å². The molecular weight excluding hydrogens is 1360 g/mol. The Kier molecular flexibility index (Phi) is 34.3. The lowest BCUT2D eigenvalue weighted by Crippen LogP contribution is -2.14. The van der Waals surface area contributed by atoms with E-state index in [9.17, 15) is 4.79 Å². The number of nitrogens with zero attached hydrogens (tertiary/aromatic N) is 2. The second-order valence-electron chi connectivity index (χ2n) is 20.8. The predicted octanol–water partition coefficient (Wildman–Crippen LogP) is 10.8. The number of aromatic nitrogens is 3. The highest BCUT2D eigenvalue weighted by Gasteiger charge is 2.18. The summed E-state index contributed by atoms with van der Waals surface area (Å²) < 4.78 is 124. The van der Waals surface area contributed by atoms with Crippen LogP contribution >= 0.6 is 11.3 Å². The summed E-state index contributed by atoms with van der Waals surface area (Å²) in [6.07, 6.45) is 7.74. The Morgan fingerprint density at radius 3 is 1.14 bits per heavy atom. The van der Waals surface area contributed by atoms with E-state index in [0.717, 1.165) is 20.5 Å². The largest absolute Gasteiger partial charge is 0.482 e. The van der Waals surface area contributed by atoms with E-state index >= 15 is 0 Å². The van der Waals surface area contributed by atoms with Gasteiger partial charge in [-0.15, -0.1) is 11.3 Å². The molecule has 1 N–H and O–H groups in total. The molecule has 0 radical (unpaired) electrons. The van der Waals surface area contributed by atoms with Crippen LogP contribution in [0, 0.1) is 35.5 Å². The number of nitrogens with one attached hydrogen (secondary N) is 1. The van der Waals surface area contributed by atoms with Crippen molar-refractivity contribution >= 4 is 62.0 Å². The minimum atomic E-state index is -0.478. The first-order valence-corrected chi connectivity index (χ1v) is 32.5. The Hall–Kier alpha value is -9.47. The number of thiophene rings is 1. The fourth-order valence-electron chi connectivity index (χ4n) is 9.04. The van der Waals surface area contributed by atoms with Crippen molar-refractivity contribution < 1.29 is 114 Å². The van der Waals surface area contributed by atoms with Gasteiger partial charge in [-0.3, -0.25) is 0 Å².